The van der Waals surface area contributed by atoms with Crippen LogP contribution in [0.2, 0.25) is 0 Å². The quantitative estimate of drug-likeness (QED) is 0.878. The SMILES string of the molecule is O=C(O)[C@H]1C(=O)N(Cc2ccccc2)CC[C@@H]1c1ccc(F)cc1. The number of hydrogen-bond donors (Lipinski definition) is 1. The monoisotopic (exact) mass is 327 g/mol. The number of benzene rings is 2. The zero-order chi connectivity index (χ0) is 17.1. The maximum Gasteiger partial charge on any atom is 0.316 e. The third-order valence-electron chi connectivity index (χ3n) is 4.47. The molecule has 2 aromatic rings. The van der Waals surface area contributed by atoms with Gasteiger partial charge in [0.1, 0.15) is 11.7 Å². The van der Waals surface area contributed by atoms with Crippen LogP contribution < -0.4 is 0 Å². The van der Waals surface area contributed by atoms with Gasteiger partial charge in [-0.2, -0.15) is 0 Å². The fourth-order valence-electron chi connectivity index (χ4n) is 3.25. The number of rotatable bonds is 4. The molecule has 0 bridgehead atoms. The average molecular weight is 327 g/mol. The molecule has 0 aromatic heterocycles. The van der Waals surface area contributed by atoms with Crippen molar-refractivity contribution in [1.29, 1.82) is 0 Å². The van der Waals surface area contributed by atoms with E-state index in [0.717, 1.165) is 5.56 Å². The summed E-state index contributed by atoms with van der Waals surface area (Å²) in [6, 6.07) is 15.2. The first kappa shape index (κ1) is 16.2. The zero-order valence-electron chi connectivity index (χ0n) is 13.1. The van der Waals surface area contributed by atoms with Crippen molar-refractivity contribution in [3.8, 4) is 0 Å². The van der Waals surface area contributed by atoms with Gasteiger partial charge in [-0.05, 0) is 29.7 Å². The van der Waals surface area contributed by atoms with Gasteiger partial charge in [0.2, 0.25) is 5.91 Å². The number of aliphatic carboxylic acids is 1. The molecule has 0 spiro atoms. The van der Waals surface area contributed by atoms with E-state index in [1.54, 1.807) is 17.0 Å². The Kier molecular flexibility index (Phi) is 4.60. The van der Waals surface area contributed by atoms with E-state index in [9.17, 15) is 19.1 Å². The van der Waals surface area contributed by atoms with Crippen LogP contribution in [0, 0.1) is 11.7 Å². The summed E-state index contributed by atoms with van der Waals surface area (Å²) in [5, 5.41) is 9.56. The van der Waals surface area contributed by atoms with Gasteiger partial charge in [-0.25, -0.2) is 4.39 Å². The van der Waals surface area contributed by atoms with E-state index in [4.69, 9.17) is 0 Å². The Morgan fingerprint density at radius 3 is 2.42 bits per heavy atom. The van der Waals surface area contributed by atoms with Crippen molar-refractivity contribution in [2.24, 2.45) is 5.92 Å². The molecule has 1 heterocycles. The summed E-state index contributed by atoms with van der Waals surface area (Å²) in [7, 11) is 0. The molecule has 0 radical (unpaired) electrons. The first-order chi connectivity index (χ1) is 11.6. The fraction of sp³-hybridized carbons (Fsp3) is 0.263. The number of piperidine rings is 1. The molecule has 2 aromatic carbocycles. The number of amides is 1. The zero-order valence-corrected chi connectivity index (χ0v) is 13.1. The molecule has 1 aliphatic rings. The lowest BCUT2D eigenvalue weighted by Gasteiger charge is -2.36. The molecule has 5 heteroatoms. The Balaban J connectivity index is 1.82. The lowest BCUT2D eigenvalue weighted by Crippen LogP contribution is -2.47. The molecule has 1 N–H and O–H groups in total. The molecule has 1 amide bonds. The number of nitrogens with zero attached hydrogens (tertiary/aromatic N) is 1. The largest absolute Gasteiger partial charge is 0.481 e. The van der Waals surface area contributed by atoms with E-state index < -0.39 is 17.8 Å². The average Bonchev–Trinajstić information content (AvgIpc) is 2.58. The van der Waals surface area contributed by atoms with Crippen molar-refractivity contribution < 1.29 is 19.1 Å². The fourth-order valence-corrected chi connectivity index (χ4v) is 3.25. The van der Waals surface area contributed by atoms with Crippen molar-refractivity contribution in [2.75, 3.05) is 6.54 Å². The maximum absolute atomic E-state index is 13.1. The molecule has 0 unspecified atom stereocenters. The molecule has 1 fully saturated rings. The summed E-state index contributed by atoms with van der Waals surface area (Å²) >= 11 is 0. The van der Waals surface area contributed by atoms with Gasteiger partial charge in [-0.1, -0.05) is 42.5 Å². The van der Waals surface area contributed by atoms with Crippen LogP contribution in [0.5, 0.6) is 0 Å². The third-order valence-corrected chi connectivity index (χ3v) is 4.47. The number of halogens is 1. The number of hydrogen-bond acceptors (Lipinski definition) is 2. The summed E-state index contributed by atoms with van der Waals surface area (Å²) in [4.78, 5) is 26.0. The second-order valence-electron chi connectivity index (χ2n) is 6.01. The highest BCUT2D eigenvalue weighted by molar-refractivity contribution is 5.98. The molecule has 24 heavy (non-hydrogen) atoms. The number of carboxylic acids is 1. The summed E-state index contributed by atoms with van der Waals surface area (Å²) in [5.74, 6) is -3.45. The highest BCUT2D eigenvalue weighted by atomic mass is 19.1. The molecule has 1 aliphatic heterocycles. The summed E-state index contributed by atoms with van der Waals surface area (Å²) in [6.07, 6.45) is 0.543. The Morgan fingerprint density at radius 1 is 1.12 bits per heavy atom. The van der Waals surface area contributed by atoms with Gasteiger partial charge in [0.25, 0.3) is 0 Å². The summed E-state index contributed by atoms with van der Waals surface area (Å²) in [5.41, 5.74) is 1.66. The number of likely N-dealkylation sites (tertiary alicyclic amines) is 1. The minimum atomic E-state index is -1.13. The molecule has 1 saturated heterocycles. The summed E-state index contributed by atoms with van der Waals surface area (Å²) < 4.78 is 13.1. The molecular formula is C19H18FNO3. The predicted molar refractivity (Wildman–Crippen MR) is 86.7 cm³/mol. The topological polar surface area (TPSA) is 57.6 Å². The Hall–Kier alpha value is -2.69. The Labute approximate surface area is 139 Å². The van der Waals surface area contributed by atoms with Crippen LogP contribution in [0.4, 0.5) is 4.39 Å². The normalized spacial score (nSPS) is 20.9. The maximum atomic E-state index is 13.1. The van der Waals surface area contributed by atoms with Crippen molar-refractivity contribution in [3.05, 3.63) is 71.5 Å². The number of carboxylic acid groups (broad SMARTS) is 1. The molecule has 2 atom stereocenters. The van der Waals surface area contributed by atoms with Crippen LogP contribution in [0.25, 0.3) is 0 Å². The van der Waals surface area contributed by atoms with E-state index in [2.05, 4.69) is 0 Å². The van der Waals surface area contributed by atoms with Crippen molar-refractivity contribution in [2.45, 2.75) is 18.9 Å². The lowest BCUT2D eigenvalue weighted by atomic mass is 9.79. The molecule has 0 saturated carbocycles. The van der Waals surface area contributed by atoms with Crippen LogP contribution in [0.15, 0.2) is 54.6 Å². The van der Waals surface area contributed by atoms with Gasteiger partial charge in [0, 0.05) is 19.0 Å². The van der Waals surface area contributed by atoms with Crippen molar-refractivity contribution in [1.82, 2.24) is 4.90 Å². The third kappa shape index (κ3) is 3.30. The molecular weight excluding hydrogens is 309 g/mol. The van der Waals surface area contributed by atoms with Crippen LogP contribution in [0.1, 0.15) is 23.5 Å². The van der Waals surface area contributed by atoms with Gasteiger partial charge in [-0.3, -0.25) is 9.59 Å². The molecule has 3 rings (SSSR count). The Morgan fingerprint density at radius 2 is 1.79 bits per heavy atom. The number of carbonyl (C=O) groups is 2. The van der Waals surface area contributed by atoms with Gasteiger partial charge in [-0.15, -0.1) is 0 Å². The lowest BCUT2D eigenvalue weighted by molar-refractivity contribution is -0.155. The molecule has 0 aliphatic carbocycles. The van der Waals surface area contributed by atoms with Gasteiger partial charge in [0.05, 0.1) is 0 Å². The second-order valence-corrected chi connectivity index (χ2v) is 6.01. The van der Waals surface area contributed by atoms with E-state index in [1.165, 1.54) is 12.1 Å². The van der Waals surface area contributed by atoms with Gasteiger partial charge in [0.15, 0.2) is 0 Å². The van der Waals surface area contributed by atoms with Gasteiger partial charge >= 0.3 is 5.97 Å². The van der Waals surface area contributed by atoms with E-state index >= 15 is 0 Å². The Bertz CT molecular complexity index is 730. The van der Waals surface area contributed by atoms with E-state index in [1.807, 2.05) is 30.3 Å². The second kappa shape index (κ2) is 6.83. The first-order valence-corrected chi connectivity index (χ1v) is 7.87. The molecule has 124 valence electrons. The van der Waals surface area contributed by atoms with E-state index in [-0.39, 0.29) is 11.7 Å². The summed E-state index contributed by atoms with van der Waals surface area (Å²) in [6.45, 7) is 0.888. The number of carbonyl (C=O) groups excluding carboxylic acids is 1. The van der Waals surface area contributed by atoms with E-state index in [0.29, 0.717) is 25.1 Å². The van der Waals surface area contributed by atoms with Crippen molar-refractivity contribution in [3.63, 3.8) is 0 Å². The minimum Gasteiger partial charge on any atom is -0.481 e. The van der Waals surface area contributed by atoms with Crippen LogP contribution in [0.3, 0.4) is 0 Å². The van der Waals surface area contributed by atoms with Crippen LogP contribution in [-0.4, -0.2) is 28.4 Å². The molecule has 4 nitrogen and oxygen atoms in total. The predicted octanol–water partition coefficient (Wildman–Crippen LogP) is 3.04. The van der Waals surface area contributed by atoms with Crippen molar-refractivity contribution >= 4 is 11.9 Å². The first-order valence-electron chi connectivity index (χ1n) is 7.87. The smallest absolute Gasteiger partial charge is 0.316 e. The highest BCUT2D eigenvalue weighted by Gasteiger charge is 2.42. The highest BCUT2D eigenvalue weighted by Crippen LogP contribution is 2.34. The minimum absolute atomic E-state index is 0.376. The standard InChI is InChI=1S/C19H18FNO3/c20-15-8-6-14(7-9-15)16-10-11-21(18(22)17(16)19(23)24)12-13-4-2-1-3-5-13/h1-9,16-17H,10-12H2,(H,23,24)/t16-,17-/m1/s1. The van der Waals surface area contributed by atoms with Crippen LogP contribution in [-0.2, 0) is 16.1 Å². The van der Waals surface area contributed by atoms with Gasteiger partial charge < -0.3 is 10.0 Å². The van der Waals surface area contributed by atoms with Crippen LogP contribution >= 0.6 is 0 Å².